The van der Waals surface area contributed by atoms with Crippen LogP contribution < -0.4 is 5.73 Å². The van der Waals surface area contributed by atoms with Crippen LogP contribution in [0.25, 0.3) is 0 Å². The molecule has 0 unspecified atom stereocenters. The third kappa shape index (κ3) is 5.70. The molecule has 0 spiro atoms. The van der Waals surface area contributed by atoms with E-state index in [1.54, 1.807) is 11.3 Å². The number of carbonyl (C=O) groups excluding carboxylic acids is 1. The molecule has 0 bridgehead atoms. The molecule has 0 atom stereocenters. The van der Waals surface area contributed by atoms with Crippen molar-refractivity contribution in [2.24, 2.45) is 5.73 Å². The molecule has 0 saturated carbocycles. The third-order valence-corrected chi connectivity index (χ3v) is 3.05. The molecule has 2 N–H and O–H groups in total. The number of thiophene rings is 1. The van der Waals surface area contributed by atoms with E-state index in [-0.39, 0.29) is 5.54 Å². The van der Waals surface area contributed by atoms with Gasteiger partial charge < -0.3 is 5.73 Å². The highest BCUT2D eigenvalue weighted by Gasteiger charge is 2.13. The second-order valence-corrected chi connectivity index (χ2v) is 5.44. The largest absolute Gasteiger partial charge is 0.326 e. The highest BCUT2D eigenvalue weighted by Crippen LogP contribution is 2.12. The van der Waals surface area contributed by atoms with Gasteiger partial charge in [-0.1, -0.05) is 0 Å². The normalized spacial score (nSPS) is 11.7. The summed E-state index contributed by atoms with van der Waals surface area (Å²) < 4.78 is 0. The number of nitrogens with two attached hydrogens (primary N) is 1. The van der Waals surface area contributed by atoms with Gasteiger partial charge in [0.25, 0.3) is 0 Å². The third-order valence-electron chi connectivity index (χ3n) is 2.32. The van der Waals surface area contributed by atoms with Crippen molar-refractivity contribution < 1.29 is 4.79 Å². The lowest BCUT2D eigenvalue weighted by molar-refractivity contribution is -0.119. The Balaban J connectivity index is 2.20. The Morgan fingerprint density at radius 3 is 2.73 bits per heavy atom. The van der Waals surface area contributed by atoms with Crippen molar-refractivity contribution in [3.8, 4) is 0 Å². The number of carbonyl (C=O) groups is 1. The fourth-order valence-electron chi connectivity index (χ4n) is 1.31. The molecule has 0 amide bonds. The summed E-state index contributed by atoms with van der Waals surface area (Å²) in [6.45, 7) is 3.91. The zero-order chi connectivity index (χ0) is 11.3. The van der Waals surface area contributed by atoms with Crippen molar-refractivity contribution in [3.05, 3.63) is 22.4 Å². The Morgan fingerprint density at radius 2 is 2.20 bits per heavy atom. The maximum absolute atomic E-state index is 11.5. The maximum Gasteiger partial charge on any atom is 0.133 e. The molecule has 0 aliphatic rings. The highest BCUT2D eigenvalue weighted by molar-refractivity contribution is 7.07. The van der Waals surface area contributed by atoms with E-state index >= 15 is 0 Å². The van der Waals surface area contributed by atoms with E-state index in [0.29, 0.717) is 18.6 Å². The van der Waals surface area contributed by atoms with Crippen LogP contribution in [0.15, 0.2) is 16.8 Å². The number of hydrogen-bond acceptors (Lipinski definition) is 3. The van der Waals surface area contributed by atoms with E-state index in [2.05, 4.69) is 11.4 Å². The summed E-state index contributed by atoms with van der Waals surface area (Å²) >= 11 is 1.68. The molecule has 0 aliphatic heterocycles. The average Bonchev–Trinajstić information content (AvgIpc) is 2.62. The van der Waals surface area contributed by atoms with E-state index in [1.165, 1.54) is 5.56 Å². The van der Waals surface area contributed by atoms with Crippen molar-refractivity contribution in [1.82, 2.24) is 0 Å². The molecule has 0 fully saturated rings. The first kappa shape index (κ1) is 12.4. The SMILES string of the molecule is CC(C)(N)CCC(=O)CCc1ccsc1. The molecule has 0 radical (unpaired) electrons. The Hall–Kier alpha value is -0.670. The van der Waals surface area contributed by atoms with Crippen LogP contribution in [-0.2, 0) is 11.2 Å². The minimum Gasteiger partial charge on any atom is -0.326 e. The summed E-state index contributed by atoms with van der Waals surface area (Å²) in [7, 11) is 0. The molecule has 1 aromatic heterocycles. The maximum atomic E-state index is 11.5. The number of aryl methyl sites for hydroxylation is 1. The smallest absolute Gasteiger partial charge is 0.133 e. The van der Waals surface area contributed by atoms with Crippen LogP contribution in [0.3, 0.4) is 0 Å². The number of rotatable bonds is 6. The second-order valence-electron chi connectivity index (χ2n) is 4.66. The average molecular weight is 225 g/mol. The zero-order valence-corrected chi connectivity index (χ0v) is 10.3. The van der Waals surface area contributed by atoms with E-state index in [9.17, 15) is 4.79 Å². The molecule has 1 aromatic rings. The van der Waals surface area contributed by atoms with Gasteiger partial charge in [0.15, 0.2) is 0 Å². The molecule has 0 aliphatic carbocycles. The summed E-state index contributed by atoms with van der Waals surface area (Å²) in [5.74, 6) is 0.319. The predicted octanol–water partition coefficient (Wildman–Crippen LogP) is 2.77. The van der Waals surface area contributed by atoms with Gasteiger partial charge in [0.1, 0.15) is 5.78 Å². The number of ketones is 1. The van der Waals surface area contributed by atoms with Crippen molar-refractivity contribution >= 4 is 17.1 Å². The van der Waals surface area contributed by atoms with Gasteiger partial charge in [0, 0.05) is 18.4 Å². The Morgan fingerprint density at radius 1 is 1.47 bits per heavy atom. The van der Waals surface area contributed by atoms with Crippen LogP contribution in [0.4, 0.5) is 0 Å². The summed E-state index contributed by atoms with van der Waals surface area (Å²) in [4.78, 5) is 11.5. The molecule has 3 heteroatoms. The van der Waals surface area contributed by atoms with Crippen LogP contribution in [0.5, 0.6) is 0 Å². The van der Waals surface area contributed by atoms with Crippen molar-refractivity contribution in [2.75, 3.05) is 0 Å². The van der Waals surface area contributed by atoms with Crippen molar-refractivity contribution in [2.45, 2.75) is 45.1 Å². The second kappa shape index (κ2) is 5.42. The summed E-state index contributed by atoms with van der Waals surface area (Å²) in [6.07, 6.45) is 2.89. The van der Waals surface area contributed by atoms with E-state index in [1.807, 2.05) is 19.2 Å². The quantitative estimate of drug-likeness (QED) is 0.809. The minimum atomic E-state index is -0.224. The first-order chi connectivity index (χ1) is 6.97. The lowest BCUT2D eigenvalue weighted by Crippen LogP contribution is -2.32. The van der Waals surface area contributed by atoms with Crippen LogP contribution in [-0.4, -0.2) is 11.3 Å². The molecule has 0 saturated heterocycles. The molecule has 0 aromatic carbocycles. The minimum absolute atomic E-state index is 0.224. The van der Waals surface area contributed by atoms with Crippen LogP contribution >= 0.6 is 11.3 Å². The Kier molecular flexibility index (Phi) is 4.48. The van der Waals surface area contributed by atoms with Gasteiger partial charge >= 0.3 is 0 Å². The fraction of sp³-hybridized carbons (Fsp3) is 0.583. The Labute approximate surface area is 95.5 Å². The topological polar surface area (TPSA) is 43.1 Å². The molecule has 1 heterocycles. The first-order valence-corrected chi connectivity index (χ1v) is 6.23. The molecular formula is C12H19NOS. The lowest BCUT2D eigenvalue weighted by atomic mass is 9.96. The molecule has 15 heavy (non-hydrogen) atoms. The summed E-state index contributed by atoms with van der Waals surface area (Å²) in [5.41, 5.74) is 6.86. The Bertz CT molecular complexity index is 298. The van der Waals surface area contributed by atoms with Crippen molar-refractivity contribution in [1.29, 1.82) is 0 Å². The predicted molar refractivity (Wildman–Crippen MR) is 65.1 cm³/mol. The van der Waals surface area contributed by atoms with Gasteiger partial charge in [-0.05, 0) is 49.1 Å². The molecular weight excluding hydrogens is 206 g/mol. The molecule has 2 nitrogen and oxygen atoms in total. The fourth-order valence-corrected chi connectivity index (χ4v) is 2.01. The van der Waals surface area contributed by atoms with Gasteiger partial charge in [-0.3, -0.25) is 4.79 Å². The molecule has 84 valence electrons. The van der Waals surface area contributed by atoms with Gasteiger partial charge in [0.2, 0.25) is 0 Å². The van der Waals surface area contributed by atoms with E-state index in [0.717, 1.165) is 12.8 Å². The van der Waals surface area contributed by atoms with Gasteiger partial charge in [0.05, 0.1) is 0 Å². The van der Waals surface area contributed by atoms with Crippen LogP contribution in [0, 0.1) is 0 Å². The monoisotopic (exact) mass is 225 g/mol. The van der Waals surface area contributed by atoms with E-state index < -0.39 is 0 Å². The lowest BCUT2D eigenvalue weighted by Gasteiger charge is -2.17. The highest BCUT2D eigenvalue weighted by atomic mass is 32.1. The van der Waals surface area contributed by atoms with Gasteiger partial charge in [-0.25, -0.2) is 0 Å². The van der Waals surface area contributed by atoms with Crippen LogP contribution in [0.2, 0.25) is 0 Å². The van der Waals surface area contributed by atoms with Crippen molar-refractivity contribution in [3.63, 3.8) is 0 Å². The molecule has 1 rings (SSSR count). The van der Waals surface area contributed by atoms with Gasteiger partial charge in [-0.2, -0.15) is 11.3 Å². The summed E-state index contributed by atoms with van der Waals surface area (Å²) in [5, 5.41) is 4.14. The standard InChI is InChI=1S/C12H19NOS/c1-12(2,13)7-5-11(14)4-3-10-6-8-15-9-10/h6,8-9H,3-5,7,13H2,1-2H3. The van der Waals surface area contributed by atoms with Crippen LogP contribution in [0.1, 0.15) is 38.7 Å². The van der Waals surface area contributed by atoms with E-state index in [4.69, 9.17) is 5.73 Å². The number of Topliss-reactive ketones (excluding diaryl/α,β-unsaturated/α-hetero) is 1. The van der Waals surface area contributed by atoms with Gasteiger partial charge in [-0.15, -0.1) is 0 Å². The number of hydrogen-bond donors (Lipinski definition) is 1. The summed E-state index contributed by atoms with van der Waals surface area (Å²) in [6, 6.07) is 2.07. The first-order valence-electron chi connectivity index (χ1n) is 5.29. The zero-order valence-electron chi connectivity index (χ0n) is 9.45.